The normalized spacial score (nSPS) is 21.5. The van der Waals surface area contributed by atoms with Crippen LogP contribution in [-0.2, 0) is 16.0 Å². The van der Waals surface area contributed by atoms with E-state index in [0.717, 1.165) is 67.5 Å². The second-order valence-corrected chi connectivity index (χ2v) is 14.4. The molecule has 1 aliphatic heterocycles. The van der Waals surface area contributed by atoms with Crippen molar-refractivity contribution in [1.29, 1.82) is 5.26 Å². The molecule has 0 radical (unpaired) electrons. The molecule has 3 aliphatic rings. The maximum atomic E-state index is 12.9. The number of hydrogen-bond acceptors (Lipinski definition) is 9. The molecule has 1 aromatic heterocycles. The molecular weight excluding hydrogens is 630 g/mol. The van der Waals surface area contributed by atoms with Gasteiger partial charge in [0, 0.05) is 24.4 Å². The fourth-order valence-corrected chi connectivity index (χ4v) is 6.76. The van der Waals surface area contributed by atoms with Crippen molar-refractivity contribution in [3.8, 4) is 17.8 Å². The van der Waals surface area contributed by atoms with Crippen LogP contribution in [0.15, 0.2) is 46.0 Å². The maximum absolute atomic E-state index is 12.9. The van der Waals surface area contributed by atoms with Crippen LogP contribution in [0.5, 0.6) is 11.8 Å². The molecule has 2 fully saturated rings. The molecule has 1 saturated heterocycles. The SMILES string of the molecule is C=C(CCCC)[C@H](C)Oc1cc(O[C@H]2CCN(C(=O)OC(C)(C)C)[C@H](CC#N)C2)nc(C/N=C(\OC)C2(C3=C(Cl)CCC=C3)CCC2)n1. The van der Waals surface area contributed by atoms with E-state index < -0.39 is 11.7 Å². The van der Waals surface area contributed by atoms with Gasteiger partial charge in [-0.05, 0) is 77.4 Å². The lowest BCUT2D eigenvalue weighted by atomic mass is 9.62. The number of nitrogens with zero attached hydrogens (tertiary/aromatic N) is 5. The van der Waals surface area contributed by atoms with Crippen LogP contribution in [0.2, 0.25) is 0 Å². The summed E-state index contributed by atoms with van der Waals surface area (Å²) in [6, 6.07) is 3.56. The van der Waals surface area contributed by atoms with Crippen LogP contribution in [0.25, 0.3) is 0 Å². The summed E-state index contributed by atoms with van der Waals surface area (Å²) in [6.07, 6.45) is 12.1. The van der Waals surface area contributed by atoms with E-state index in [2.05, 4.69) is 31.7 Å². The minimum absolute atomic E-state index is 0.159. The summed E-state index contributed by atoms with van der Waals surface area (Å²) in [4.78, 5) is 28.9. The van der Waals surface area contributed by atoms with Crippen LogP contribution in [0.1, 0.15) is 111 Å². The highest BCUT2D eigenvalue weighted by atomic mass is 35.5. The third-order valence-electron chi connectivity index (χ3n) is 9.16. The first kappa shape index (κ1) is 37.2. The van der Waals surface area contributed by atoms with Gasteiger partial charge in [-0.15, -0.1) is 0 Å². The second-order valence-electron chi connectivity index (χ2n) is 14.0. The number of methoxy groups -OCH3 is 1. The average molecular weight is 682 g/mol. The van der Waals surface area contributed by atoms with Crippen molar-refractivity contribution < 1.29 is 23.7 Å². The van der Waals surface area contributed by atoms with Crippen LogP contribution in [0.3, 0.4) is 0 Å². The Hall–Kier alpha value is -3.58. The molecule has 2 heterocycles. The van der Waals surface area contributed by atoms with Gasteiger partial charge in [0.2, 0.25) is 11.8 Å². The molecule has 0 spiro atoms. The minimum atomic E-state index is -0.631. The zero-order valence-corrected chi connectivity index (χ0v) is 30.3. The number of aliphatic imine (C=N–C) groups is 1. The lowest BCUT2D eigenvalue weighted by molar-refractivity contribution is -0.00384. The van der Waals surface area contributed by atoms with E-state index in [1.165, 1.54) is 0 Å². The van der Waals surface area contributed by atoms with Crippen molar-refractivity contribution >= 4 is 23.6 Å². The van der Waals surface area contributed by atoms with Crippen LogP contribution < -0.4 is 9.47 Å². The number of carbonyl (C=O) groups excluding carboxylic acids is 1. The molecule has 262 valence electrons. The maximum Gasteiger partial charge on any atom is 0.410 e. The molecule has 11 heteroatoms. The summed E-state index contributed by atoms with van der Waals surface area (Å²) in [5.41, 5.74) is 1.10. The lowest BCUT2D eigenvalue weighted by Crippen LogP contribution is -2.50. The molecule has 1 saturated carbocycles. The van der Waals surface area contributed by atoms with Gasteiger partial charge >= 0.3 is 6.09 Å². The van der Waals surface area contributed by atoms with Crippen molar-refractivity contribution in [2.75, 3.05) is 13.7 Å². The Bertz CT molecular complexity index is 1440. The average Bonchev–Trinajstić information content (AvgIpc) is 3.01. The number of rotatable bonds is 13. The first-order chi connectivity index (χ1) is 22.9. The molecule has 2 aliphatic carbocycles. The number of amides is 1. The van der Waals surface area contributed by atoms with Crippen molar-refractivity contribution in [2.45, 2.75) is 136 Å². The number of aromatic nitrogens is 2. The van der Waals surface area contributed by atoms with Gasteiger partial charge in [0.05, 0.1) is 37.1 Å². The summed E-state index contributed by atoms with van der Waals surface area (Å²) < 4.78 is 24.2. The van der Waals surface area contributed by atoms with Gasteiger partial charge in [-0.1, -0.05) is 50.1 Å². The molecule has 0 aromatic carbocycles. The molecule has 0 N–H and O–H groups in total. The first-order valence-corrected chi connectivity index (χ1v) is 17.7. The van der Waals surface area contributed by atoms with E-state index in [0.29, 0.717) is 42.9 Å². The Balaban J connectivity index is 1.58. The highest BCUT2D eigenvalue weighted by Crippen LogP contribution is 2.52. The fraction of sp³-hybridized carbons (Fsp3) is 0.649. The first-order valence-electron chi connectivity index (χ1n) is 17.3. The van der Waals surface area contributed by atoms with Crippen LogP contribution >= 0.6 is 11.6 Å². The number of nitriles is 1. The number of likely N-dealkylation sites (tertiary alicyclic amines) is 1. The number of allylic oxidation sites excluding steroid dienone is 3. The Morgan fingerprint density at radius 3 is 2.67 bits per heavy atom. The number of piperidine rings is 1. The summed E-state index contributed by atoms with van der Waals surface area (Å²) in [7, 11) is 1.65. The Morgan fingerprint density at radius 1 is 1.29 bits per heavy atom. The summed E-state index contributed by atoms with van der Waals surface area (Å²) >= 11 is 6.73. The van der Waals surface area contributed by atoms with Gasteiger partial charge in [0.15, 0.2) is 11.7 Å². The Kier molecular flexibility index (Phi) is 12.9. The zero-order valence-electron chi connectivity index (χ0n) is 29.5. The fourth-order valence-electron chi connectivity index (χ4n) is 6.40. The van der Waals surface area contributed by atoms with Crippen LogP contribution in [-0.4, -0.2) is 64.4 Å². The van der Waals surface area contributed by atoms with Gasteiger partial charge in [-0.3, -0.25) is 0 Å². The number of hydrogen-bond donors (Lipinski definition) is 0. The quantitative estimate of drug-likeness (QED) is 0.115. The van der Waals surface area contributed by atoms with Gasteiger partial charge in [-0.2, -0.15) is 15.2 Å². The van der Waals surface area contributed by atoms with E-state index in [1.54, 1.807) is 18.1 Å². The topological polar surface area (TPSA) is 119 Å². The van der Waals surface area contributed by atoms with E-state index in [9.17, 15) is 10.1 Å². The van der Waals surface area contributed by atoms with Crippen molar-refractivity contribution in [3.05, 3.63) is 46.8 Å². The van der Waals surface area contributed by atoms with E-state index in [4.69, 9.17) is 45.5 Å². The Labute approximate surface area is 291 Å². The number of ether oxygens (including phenoxy) is 4. The van der Waals surface area contributed by atoms with Gasteiger partial charge in [-0.25, -0.2) is 9.79 Å². The minimum Gasteiger partial charge on any atom is -0.484 e. The third kappa shape index (κ3) is 9.52. The Morgan fingerprint density at radius 2 is 2.04 bits per heavy atom. The molecule has 48 heavy (non-hydrogen) atoms. The van der Waals surface area contributed by atoms with Crippen molar-refractivity contribution in [2.24, 2.45) is 10.4 Å². The zero-order chi connectivity index (χ0) is 34.9. The predicted octanol–water partition coefficient (Wildman–Crippen LogP) is 8.61. The molecule has 0 bridgehead atoms. The summed E-state index contributed by atoms with van der Waals surface area (Å²) in [6.45, 7) is 14.4. The molecule has 1 aromatic rings. The van der Waals surface area contributed by atoms with Crippen molar-refractivity contribution in [1.82, 2.24) is 14.9 Å². The van der Waals surface area contributed by atoms with E-state index in [-0.39, 0.29) is 36.6 Å². The molecular formula is C37H52ClN5O5. The largest absolute Gasteiger partial charge is 0.484 e. The molecule has 0 unspecified atom stereocenters. The highest BCUT2D eigenvalue weighted by Gasteiger charge is 2.47. The van der Waals surface area contributed by atoms with Crippen LogP contribution in [0, 0.1) is 16.7 Å². The second kappa shape index (κ2) is 16.7. The summed E-state index contributed by atoms with van der Waals surface area (Å²) in [5, 5.41) is 10.4. The third-order valence-corrected chi connectivity index (χ3v) is 9.55. The van der Waals surface area contributed by atoms with Crippen molar-refractivity contribution in [3.63, 3.8) is 0 Å². The summed E-state index contributed by atoms with van der Waals surface area (Å²) in [5.74, 6) is 1.77. The monoisotopic (exact) mass is 681 g/mol. The number of carbonyl (C=O) groups is 1. The number of unbranched alkanes of at least 4 members (excludes halogenated alkanes) is 1. The smallest absolute Gasteiger partial charge is 0.410 e. The molecule has 10 nitrogen and oxygen atoms in total. The van der Waals surface area contributed by atoms with E-state index >= 15 is 0 Å². The van der Waals surface area contributed by atoms with Gasteiger partial charge in [0.1, 0.15) is 24.4 Å². The van der Waals surface area contributed by atoms with Gasteiger partial charge in [0.25, 0.3) is 0 Å². The molecule has 4 rings (SSSR count). The standard InChI is InChI=1S/C37H52ClN5O5/c1-8-9-13-25(2)26(3)46-32-23-33(47-28-17-21-43(27(22-28)16-20-39)35(44)48-36(4,5)6)42-31(41-32)24-40-34(45-7)37(18-12-19-37)29-14-10-11-15-30(29)38/h10,14,23,26-28H,2,8-9,11-13,15-19,21-22,24H2,1,3-7H3/b40-34-/t26-,27+,28-/m0/s1. The molecule has 3 atom stereocenters. The highest BCUT2D eigenvalue weighted by molar-refractivity contribution is 6.30. The predicted molar refractivity (Wildman–Crippen MR) is 187 cm³/mol. The molecule has 1 amide bonds. The van der Waals surface area contributed by atoms with Gasteiger partial charge < -0.3 is 23.8 Å². The lowest BCUT2D eigenvalue weighted by Gasteiger charge is -2.43. The van der Waals surface area contributed by atoms with Crippen LogP contribution in [0.4, 0.5) is 4.79 Å². The number of halogens is 1. The van der Waals surface area contributed by atoms with E-state index in [1.807, 2.05) is 27.7 Å².